The molecule has 0 saturated carbocycles. The van der Waals surface area contributed by atoms with E-state index in [1.54, 1.807) is 18.3 Å². The van der Waals surface area contributed by atoms with Crippen LogP contribution in [0.25, 0.3) is 11.0 Å². The summed E-state index contributed by atoms with van der Waals surface area (Å²) in [5, 5.41) is 5.13. The number of fused-ring (bicyclic) bond motifs is 1. The molecule has 100 valence electrons. The van der Waals surface area contributed by atoms with Crippen LogP contribution in [0.1, 0.15) is 10.4 Å². The van der Waals surface area contributed by atoms with Crippen LogP contribution in [-0.4, -0.2) is 25.5 Å². The van der Waals surface area contributed by atoms with Gasteiger partial charge in [0.05, 0.1) is 11.6 Å². The van der Waals surface area contributed by atoms with Gasteiger partial charge in [-0.3, -0.25) is 4.79 Å². The van der Waals surface area contributed by atoms with E-state index in [-0.39, 0.29) is 12.3 Å². The topological polar surface area (TPSA) is 60.7 Å². The minimum Gasteiger partial charge on any atom is -0.292 e. The SMILES string of the molecule is O=C(Cn1ncc2c(Cl)ncnc21)c1ccc(I)cc1. The molecule has 20 heavy (non-hydrogen) atoms. The number of hydrogen-bond donors (Lipinski definition) is 0. The lowest BCUT2D eigenvalue weighted by atomic mass is 10.1. The van der Waals surface area contributed by atoms with E-state index in [1.165, 1.54) is 11.0 Å². The van der Waals surface area contributed by atoms with Crippen LogP contribution in [-0.2, 0) is 6.54 Å². The van der Waals surface area contributed by atoms with E-state index in [4.69, 9.17) is 11.6 Å². The van der Waals surface area contributed by atoms with Gasteiger partial charge in [-0.2, -0.15) is 5.10 Å². The number of Topliss-reactive ketones (excluding diaryl/α,β-unsaturated/α-hetero) is 1. The Hall–Kier alpha value is -1.54. The molecule has 3 rings (SSSR count). The minimum absolute atomic E-state index is 0.0267. The molecule has 0 aliphatic carbocycles. The maximum Gasteiger partial charge on any atom is 0.184 e. The first-order valence-electron chi connectivity index (χ1n) is 5.76. The molecule has 0 saturated heterocycles. The zero-order valence-electron chi connectivity index (χ0n) is 10.1. The molecule has 0 N–H and O–H groups in total. The molecule has 0 radical (unpaired) electrons. The molecular formula is C13H8ClIN4O. The average Bonchev–Trinajstić information content (AvgIpc) is 2.84. The summed E-state index contributed by atoms with van der Waals surface area (Å²) in [6.07, 6.45) is 2.93. The highest BCUT2D eigenvalue weighted by atomic mass is 127. The van der Waals surface area contributed by atoms with Crippen molar-refractivity contribution in [2.75, 3.05) is 0 Å². The summed E-state index contributed by atoms with van der Waals surface area (Å²) in [4.78, 5) is 20.2. The standard InChI is InChI=1S/C13H8ClIN4O/c14-12-10-5-18-19(13(10)17-7-16-12)6-11(20)8-1-3-9(15)4-2-8/h1-5,7H,6H2. The Balaban J connectivity index is 1.91. The van der Waals surface area contributed by atoms with Gasteiger partial charge in [0.1, 0.15) is 18.0 Å². The Bertz CT molecular complexity index is 785. The van der Waals surface area contributed by atoms with Gasteiger partial charge < -0.3 is 0 Å². The third kappa shape index (κ3) is 2.53. The minimum atomic E-state index is -0.0267. The lowest BCUT2D eigenvalue weighted by Gasteiger charge is -2.03. The second-order valence-corrected chi connectivity index (χ2v) is 5.74. The first-order valence-corrected chi connectivity index (χ1v) is 7.21. The molecule has 0 aliphatic heterocycles. The molecule has 0 unspecified atom stereocenters. The van der Waals surface area contributed by atoms with Gasteiger partial charge in [0.25, 0.3) is 0 Å². The molecule has 0 spiro atoms. The van der Waals surface area contributed by atoms with Crippen LogP contribution in [0.15, 0.2) is 36.8 Å². The first-order chi connectivity index (χ1) is 9.65. The zero-order chi connectivity index (χ0) is 14.1. The highest BCUT2D eigenvalue weighted by Crippen LogP contribution is 2.18. The van der Waals surface area contributed by atoms with Gasteiger partial charge >= 0.3 is 0 Å². The Morgan fingerprint density at radius 2 is 2.00 bits per heavy atom. The largest absolute Gasteiger partial charge is 0.292 e. The predicted molar refractivity (Wildman–Crippen MR) is 83.8 cm³/mol. The molecule has 2 aromatic heterocycles. The van der Waals surface area contributed by atoms with Gasteiger partial charge in [0, 0.05) is 9.13 Å². The summed E-state index contributed by atoms with van der Waals surface area (Å²) in [6, 6.07) is 7.40. The number of nitrogens with zero attached hydrogens (tertiary/aromatic N) is 4. The van der Waals surface area contributed by atoms with Crippen molar-refractivity contribution in [1.29, 1.82) is 0 Å². The summed E-state index contributed by atoms with van der Waals surface area (Å²) >= 11 is 8.15. The second-order valence-electron chi connectivity index (χ2n) is 4.13. The van der Waals surface area contributed by atoms with Gasteiger partial charge in [0.15, 0.2) is 11.4 Å². The molecule has 5 nitrogen and oxygen atoms in total. The molecule has 0 fully saturated rings. The molecule has 0 bridgehead atoms. The van der Waals surface area contributed by atoms with Gasteiger partial charge in [-0.05, 0) is 34.7 Å². The molecule has 2 heterocycles. The lowest BCUT2D eigenvalue weighted by Crippen LogP contribution is -2.12. The third-order valence-electron chi connectivity index (χ3n) is 2.84. The van der Waals surface area contributed by atoms with E-state index < -0.39 is 0 Å². The molecule has 0 aliphatic rings. The fraction of sp³-hybridized carbons (Fsp3) is 0.0769. The van der Waals surface area contributed by atoms with Crippen LogP contribution < -0.4 is 0 Å². The van der Waals surface area contributed by atoms with E-state index in [0.29, 0.717) is 21.7 Å². The van der Waals surface area contributed by atoms with E-state index in [1.807, 2.05) is 12.1 Å². The second kappa shape index (κ2) is 5.45. The molecule has 3 aromatic rings. The Morgan fingerprint density at radius 3 is 2.75 bits per heavy atom. The number of ketones is 1. The summed E-state index contributed by atoms with van der Waals surface area (Å²) in [7, 11) is 0. The number of rotatable bonds is 3. The van der Waals surface area contributed by atoms with Gasteiger partial charge in [-0.1, -0.05) is 23.7 Å². The maximum atomic E-state index is 12.2. The normalized spacial score (nSPS) is 10.9. The highest BCUT2D eigenvalue weighted by Gasteiger charge is 2.12. The van der Waals surface area contributed by atoms with Crippen LogP contribution in [0.4, 0.5) is 0 Å². The van der Waals surface area contributed by atoms with Crippen LogP contribution in [0.5, 0.6) is 0 Å². The van der Waals surface area contributed by atoms with E-state index in [2.05, 4.69) is 37.7 Å². The molecule has 7 heteroatoms. The summed E-state index contributed by atoms with van der Waals surface area (Å²) < 4.78 is 2.62. The van der Waals surface area contributed by atoms with Crippen molar-refractivity contribution in [2.45, 2.75) is 6.54 Å². The average molecular weight is 399 g/mol. The van der Waals surface area contributed by atoms with Crippen molar-refractivity contribution in [3.8, 4) is 0 Å². The molecule has 1 aromatic carbocycles. The number of carbonyl (C=O) groups excluding carboxylic acids is 1. The van der Waals surface area contributed by atoms with Crippen molar-refractivity contribution >= 4 is 51.0 Å². The van der Waals surface area contributed by atoms with Crippen LogP contribution in [0, 0.1) is 3.57 Å². The van der Waals surface area contributed by atoms with Crippen molar-refractivity contribution in [2.24, 2.45) is 0 Å². The van der Waals surface area contributed by atoms with E-state index >= 15 is 0 Å². The number of benzene rings is 1. The van der Waals surface area contributed by atoms with Crippen LogP contribution in [0.2, 0.25) is 5.15 Å². The molecule has 0 atom stereocenters. The van der Waals surface area contributed by atoms with Crippen molar-refractivity contribution < 1.29 is 4.79 Å². The maximum absolute atomic E-state index is 12.2. The van der Waals surface area contributed by atoms with Crippen LogP contribution >= 0.6 is 34.2 Å². The quantitative estimate of drug-likeness (QED) is 0.387. The van der Waals surface area contributed by atoms with E-state index in [0.717, 1.165) is 3.57 Å². The highest BCUT2D eigenvalue weighted by molar-refractivity contribution is 14.1. The number of carbonyl (C=O) groups is 1. The lowest BCUT2D eigenvalue weighted by molar-refractivity contribution is 0.0969. The number of halogens is 2. The monoisotopic (exact) mass is 398 g/mol. The van der Waals surface area contributed by atoms with Crippen molar-refractivity contribution in [3.63, 3.8) is 0 Å². The van der Waals surface area contributed by atoms with E-state index in [9.17, 15) is 4.79 Å². The first kappa shape index (κ1) is 13.4. The Labute approximate surface area is 133 Å². The fourth-order valence-corrected chi connectivity index (χ4v) is 2.38. The number of aromatic nitrogens is 4. The third-order valence-corrected chi connectivity index (χ3v) is 3.86. The summed E-state index contributed by atoms with van der Waals surface area (Å²) in [5.41, 5.74) is 1.21. The Kier molecular flexibility index (Phi) is 3.66. The molecular weight excluding hydrogens is 391 g/mol. The zero-order valence-corrected chi connectivity index (χ0v) is 13.0. The Morgan fingerprint density at radius 1 is 1.25 bits per heavy atom. The molecule has 0 amide bonds. The predicted octanol–water partition coefficient (Wildman–Crippen LogP) is 2.97. The fourth-order valence-electron chi connectivity index (χ4n) is 1.84. The van der Waals surface area contributed by atoms with Gasteiger partial charge in [0.2, 0.25) is 0 Å². The summed E-state index contributed by atoms with van der Waals surface area (Å²) in [5.74, 6) is -0.0267. The van der Waals surface area contributed by atoms with Gasteiger partial charge in [-0.25, -0.2) is 14.6 Å². The van der Waals surface area contributed by atoms with Crippen LogP contribution in [0.3, 0.4) is 0 Å². The van der Waals surface area contributed by atoms with Crippen molar-refractivity contribution in [3.05, 3.63) is 51.1 Å². The summed E-state index contributed by atoms with van der Waals surface area (Å²) in [6.45, 7) is 0.122. The number of hydrogen-bond acceptors (Lipinski definition) is 4. The van der Waals surface area contributed by atoms with Crippen molar-refractivity contribution in [1.82, 2.24) is 19.7 Å². The smallest absolute Gasteiger partial charge is 0.184 e. The van der Waals surface area contributed by atoms with Gasteiger partial charge in [-0.15, -0.1) is 0 Å².